The zero-order valence-corrected chi connectivity index (χ0v) is 17.8. The third kappa shape index (κ3) is 3.90. The van der Waals surface area contributed by atoms with Gasteiger partial charge in [-0.1, -0.05) is 0 Å². The number of carbonyl (C=O) groups is 1. The Labute approximate surface area is 175 Å². The SMILES string of the molecule is C[C@@H](CO)NC(=O)COc1cc2c(c3oc(=O)c4c(c13)CCCC4)CCC(C)(C)O2. The monoisotopic (exact) mass is 415 g/mol. The molecule has 1 aromatic carbocycles. The Morgan fingerprint density at radius 3 is 2.70 bits per heavy atom. The first-order chi connectivity index (χ1) is 14.3. The molecule has 0 unspecified atom stereocenters. The molecule has 2 aromatic rings. The van der Waals surface area contributed by atoms with Crippen LogP contribution >= 0.6 is 0 Å². The minimum absolute atomic E-state index is 0.144. The summed E-state index contributed by atoms with van der Waals surface area (Å²) in [5.74, 6) is 0.807. The molecule has 162 valence electrons. The second kappa shape index (κ2) is 7.95. The Morgan fingerprint density at radius 2 is 1.97 bits per heavy atom. The van der Waals surface area contributed by atoms with Gasteiger partial charge in [0.1, 0.15) is 22.7 Å². The van der Waals surface area contributed by atoms with Gasteiger partial charge in [-0.05, 0) is 64.9 Å². The van der Waals surface area contributed by atoms with Gasteiger partial charge in [-0.2, -0.15) is 0 Å². The van der Waals surface area contributed by atoms with Crippen LogP contribution in [0.15, 0.2) is 15.3 Å². The molecule has 1 aromatic heterocycles. The van der Waals surface area contributed by atoms with E-state index in [1.165, 1.54) is 0 Å². The topological polar surface area (TPSA) is 98.0 Å². The lowest BCUT2D eigenvalue weighted by Gasteiger charge is -2.33. The van der Waals surface area contributed by atoms with E-state index in [1.807, 2.05) is 19.9 Å². The lowest BCUT2D eigenvalue weighted by Crippen LogP contribution is -2.38. The fourth-order valence-corrected chi connectivity index (χ4v) is 4.33. The summed E-state index contributed by atoms with van der Waals surface area (Å²) in [6.07, 6.45) is 5.00. The molecule has 0 bridgehead atoms. The molecule has 2 heterocycles. The van der Waals surface area contributed by atoms with Gasteiger partial charge in [0.25, 0.3) is 5.91 Å². The quantitative estimate of drug-likeness (QED) is 0.729. The van der Waals surface area contributed by atoms with Crippen molar-refractivity contribution >= 4 is 16.9 Å². The summed E-state index contributed by atoms with van der Waals surface area (Å²) in [4.78, 5) is 24.9. The van der Waals surface area contributed by atoms with Crippen molar-refractivity contribution in [3.05, 3.63) is 33.2 Å². The van der Waals surface area contributed by atoms with Crippen LogP contribution in [0.3, 0.4) is 0 Å². The smallest absolute Gasteiger partial charge is 0.339 e. The standard InChI is InChI=1S/C23H29NO6/c1-13(11-25)24-19(26)12-28-18-10-17-16(8-9-23(2,3)30-17)21-20(18)14-6-4-5-7-15(14)22(27)29-21/h10,13,25H,4-9,11-12H2,1-3H3,(H,24,26)/t13-/m0/s1. The van der Waals surface area contributed by atoms with Crippen LogP contribution in [0.4, 0.5) is 0 Å². The van der Waals surface area contributed by atoms with Crippen LogP contribution in [0.2, 0.25) is 0 Å². The van der Waals surface area contributed by atoms with Crippen LogP contribution in [0.25, 0.3) is 11.0 Å². The fraction of sp³-hybridized carbons (Fsp3) is 0.565. The first-order valence-electron chi connectivity index (χ1n) is 10.7. The molecular formula is C23H29NO6. The Hall–Kier alpha value is -2.54. The summed E-state index contributed by atoms with van der Waals surface area (Å²) in [7, 11) is 0. The average Bonchev–Trinajstić information content (AvgIpc) is 2.71. The summed E-state index contributed by atoms with van der Waals surface area (Å²) >= 11 is 0. The number of fused-ring (bicyclic) bond motifs is 5. The van der Waals surface area contributed by atoms with E-state index in [9.17, 15) is 9.59 Å². The maximum atomic E-state index is 12.7. The first-order valence-corrected chi connectivity index (χ1v) is 10.7. The predicted octanol–water partition coefficient (Wildman–Crippen LogP) is 2.65. The summed E-state index contributed by atoms with van der Waals surface area (Å²) in [5.41, 5.74) is 2.48. The van der Waals surface area contributed by atoms with Crippen LogP contribution in [0.5, 0.6) is 11.5 Å². The van der Waals surface area contributed by atoms with Crippen LogP contribution < -0.4 is 20.4 Å². The number of aliphatic hydroxyl groups excluding tert-OH is 1. The maximum Gasteiger partial charge on any atom is 0.339 e. The Balaban J connectivity index is 1.81. The Bertz CT molecular complexity index is 1040. The highest BCUT2D eigenvalue weighted by molar-refractivity contribution is 5.92. The number of hydrogen-bond donors (Lipinski definition) is 2. The Kier molecular flexibility index (Phi) is 5.49. The van der Waals surface area contributed by atoms with Crippen LogP contribution in [0, 0.1) is 0 Å². The molecule has 4 rings (SSSR count). The molecular weight excluding hydrogens is 386 g/mol. The molecule has 30 heavy (non-hydrogen) atoms. The van der Waals surface area contributed by atoms with Crippen molar-refractivity contribution in [1.29, 1.82) is 0 Å². The summed E-state index contributed by atoms with van der Waals surface area (Å²) < 4.78 is 17.9. The summed E-state index contributed by atoms with van der Waals surface area (Å²) in [6.45, 7) is 5.42. The molecule has 1 amide bonds. The third-order valence-corrected chi connectivity index (χ3v) is 5.92. The minimum Gasteiger partial charge on any atom is -0.487 e. The van der Waals surface area contributed by atoms with Crippen molar-refractivity contribution < 1.29 is 23.8 Å². The van der Waals surface area contributed by atoms with E-state index < -0.39 is 0 Å². The molecule has 2 N–H and O–H groups in total. The molecule has 7 nitrogen and oxygen atoms in total. The van der Waals surface area contributed by atoms with Crippen molar-refractivity contribution in [2.45, 2.75) is 70.9 Å². The van der Waals surface area contributed by atoms with Crippen molar-refractivity contribution in [1.82, 2.24) is 5.32 Å². The number of amides is 1. The molecule has 2 aliphatic rings. The molecule has 1 atom stereocenters. The number of aryl methyl sites for hydroxylation is 2. The van der Waals surface area contributed by atoms with Gasteiger partial charge in [0, 0.05) is 23.2 Å². The summed E-state index contributed by atoms with van der Waals surface area (Å²) in [6, 6.07) is 1.48. The van der Waals surface area contributed by atoms with Crippen LogP contribution in [-0.4, -0.2) is 35.9 Å². The van der Waals surface area contributed by atoms with Gasteiger partial charge < -0.3 is 24.3 Å². The molecule has 0 saturated carbocycles. The number of hydrogen-bond acceptors (Lipinski definition) is 6. The van der Waals surface area contributed by atoms with Gasteiger partial charge in [-0.3, -0.25) is 4.79 Å². The van der Waals surface area contributed by atoms with Gasteiger partial charge >= 0.3 is 5.63 Å². The maximum absolute atomic E-state index is 12.7. The molecule has 1 aliphatic carbocycles. The van der Waals surface area contributed by atoms with Gasteiger partial charge in [0.15, 0.2) is 6.61 Å². The van der Waals surface area contributed by atoms with Crippen molar-refractivity contribution in [2.75, 3.05) is 13.2 Å². The largest absolute Gasteiger partial charge is 0.487 e. The van der Waals surface area contributed by atoms with E-state index in [0.717, 1.165) is 48.6 Å². The number of ether oxygens (including phenoxy) is 2. The molecule has 0 spiro atoms. The van der Waals surface area contributed by atoms with E-state index in [1.54, 1.807) is 6.92 Å². The lowest BCUT2D eigenvalue weighted by atomic mass is 9.87. The average molecular weight is 415 g/mol. The lowest BCUT2D eigenvalue weighted by molar-refractivity contribution is -0.123. The Morgan fingerprint density at radius 1 is 1.23 bits per heavy atom. The molecule has 0 fully saturated rings. The highest BCUT2D eigenvalue weighted by atomic mass is 16.5. The van der Waals surface area contributed by atoms with E-state index in [-0.39, 0.29) is 36.4 Å². The number of aliphatic hydroxyl groups is 1. The van der Waals surface area contributed by atoms with Gasteiger partial charge in [0.2, 0.25) is 0 Å². The van der Waals surface area contributed by atoms with E-state index in [2.05, 4.69) is 5.32 Å². The van der Waals surface area contributed by atoms with Gasteiger partial charge in [0.05, 0.1) is 12.0 Å². The fourth-order valence-electron chi connectivity index (χ4n) is 4.33. The van der Waals surface area contributed by atoms with Crippen molar-refractivity contribution in [3.8, 4) is 11.5 Å². The highest BCUT2D eigenvalue weighted by Gasteiger charge is 2.32. The molecule has 0 radical (unpaired) electrons. The third-order valence-electron chi connectivity index (χ3n) is 5.92. The van der Waals surface area contributed by atoms with E-state index in [0.29, 0.717) is 29.1 Å². The molecule has 0 saturated heterocycles. The normalized spacial score (nSPS) is 18.1. The highest BCUT2D eigenvalue weighted by Crippen LogP contribution is 2.44. The number of rotatable bonds is 5. The zero-order valence-electron chi connectivity index (χ0n) is 17.8. The number of benzene rings is 1. The second-order valence-electron chi connectivity index (χ2n) is 8.91. The predicted molar refractivity (Wildman–Crippen MR) is 112 cm³/mol. The van der Waals surface area contributed by atoms with Crippen molar-refractivity contribution in [2.24, 2.45) is 0 Å². The van der Waals surface area contributed by atoms with Crippen molar-refractivity contribution in [3.63, 3.8) is 0 Å². The molecule has 7 heteroatoms. The number of nitrogens with one attached hydrogen (secondary N) is 1. The van der Waals surface area contributed by atoms with Crippen LogP contribution in [-0.2, 0) is 24.1 Å². The second-order valence-corrected chi connectivity index (χ2v) is 8.91. The number of carbonyl (C=O) groups excluding carboxylic acids is 1. The minimum atomic E-state index is -0.351. The summed E-state index contributed by atoms with van der Waals surface area (Å²) in [5, 5.41) is 12.6. The van der Waals surface area contributed by atoms with E-state index in [4.69, 9.17) is 19.0 Å². The van der Waals surface area contributed by atoms with Gasteiger partial charge in [-0.25, -0.2) is 4.79 Å². The first kappa shape index (κ1) is 20.7. The van der Waals surface area contributed by atoms with E-state index >= 15 is 0 Å². The van der Waals surface area contributed by atoms with Gasteiger partial charge in [-0.15, -0.1) is 0 Å². The molecule has 1 aliphatic heterocycles. The van der Waals surface area contributed by atoms with Crippen LogP contribution in [0.1, 0.15) is 56.7 Å². The zero-order chi connectivity index (χ0) is 21.5.